The van der Waals surface area contributed by atoms with Crippen LogP contribution in [0.4, 0.5) is 0 Å². The number of rotatable bonds is 7. The zero-order chi connectivity index (χ0) is 15.0. The molecule has 0 saturated heterocycles. The summed E-state index contributed by atoms with van der Waals surface area (Å²) in [7, 11) is 1.90. The molecule has 20 heavy (non-hydrogen) atoms. The van der Waals surface area contributed by atoms with Crippen molar-refractivity contribution in [1.29, 1.82) is 5.26 Å². The summed E-state index contributed by atoms with van der Waals surface area (Å²) in [6.45, 7) is 5.95. The smallest absolute Gasteiger partial charge is 0.244 e. The van der Waals surface area contributed by atoms with E-state index in [0.29, 0.717) is 26.1 Å². The van der Waals surface area contributed by atoms with Crippen LogP contribution < -0.4 is 0 Å². The molecule has 1 atom stereocenters. The van der Waals surface area contributed by atoms with Gasteiger partial charge in [-0.25, -0.2) is 0 Å². The summed E-state index contributed by atoms with van der Waals surface area (Å²) in [6, 6.07) is 11.6. The molecular weight excluding hydrogens is 250 g/mol. The number of nitrogens with zero attached hydrogens (tertiary/aromatic N) is 3. The molecule has 0 radical (unpaired) electrons. The van der Waals surface area contributed by atoms with Crippen LogP contribution in [0.25, 0.3) is 0 Å². The van der Waals surface area contributed by atoms with Crippen molar-refractivity contribution in [2.24, 2.45) is 0 Å². The van der Waals surface area contributed by atoms with Crippen molar-refractivity contribution in [2.75, 3.05) is 26.7 Å². The van der Waals surface area contributed by atoms with Crippen LogP contribution in [0.15, 0.2) is 30.3 Å². The Hall–Kier alpha value is -1.86. The Morgan fingerprint density at radius 3 is 2.35 bits per heavy atom. The molecule has 4 heteroatoms. The fourth-order valence-corrected chi connectivity index (χ4v) is 2.28. The highest BCUT2D eigenvalue weighted by Gasteiger charge is 2.27. The summed E-state index contributed by atoms with van der Waals surface area (Å²) in [5.41, 5.74) is 0.977. The fraction of sp³-hybridized carbons (Fsp3) is 0.500. The Morgan fingerprint density at radius 1 is 1.25 bits per heavy atom. The van der Waals surface area contributed by atoms with Crippen molar-refractivity contribution in [2.45, 2.75) is 26.3 Å². The van der Waals surface area contributed by atoms with Crippen LogP contribution >= 0.6 is 0 Å². The minimum atomic E-state index is -0.315. The lowest BCUT2D eigenvalue weighted by atomic mass is 10.0. The van der Waals surface area contributed by atoms with Gasteiger partial charge in [0.15, 0.2) is 0 Å². The highest BCUT2D eigenvalue weighted by atomic mass is 16.2. The van der Waals surface area contributed by atoms with Crippen LogP contribution in [-0.4, -0.2) is 42.4 Å². The largest absolute Gasteiger partial charge is 0.342 e. The molecule has 0 heterocycles. The van der Waals surface area contributed by atoms with Crippen LogP contribution in [0.2, 0.25) is 0 Å². The normalized spacial score (nSPS) is 11.9. The van der Waals surface area contributed by atoms with Gasteiger partial charge in [0.1, 0.15) is 6.04 Å². The van der Waals surface area contributed by atoms with Gasteiger partial charge in [0.25, 0.3) is 0 Å². The second-order valence-electron chi connectivity index (χ2n) is 4.71. The van der Waals surface area contributed by atoms with Gasteiger partial charge in [0.05, 0.1) is 6.07 Å². The molecule has 0 spiro atoms. The highest BCUT2D eigenvalue weighted by Crippen LogP contribution is 2.22. The van der Waals surface area contributed by atoms with Crippen LogP contribution in [-0.2, 0) is 4.79 Å². The van der Waals surface area contributed by atoms with Crippen molar-refractivity contribution in [3.8, 4) is 6.07 Å². The summed E-state index contributed by atoms with van der Waals surface area (Å²) in [5, 5.41) is 8.74. The van der Waals surface area contributed by atoms with Crippen molar-refractivity contribution in [1.82, 2.24) is 9.80 Å². The summed E-state index contributed by atoms with van der Waals surface area (Å²) in [6.07, 6.45) is 0.422. The number of nitriles is 1. The Balaban J connectivity index is 3.01. The second kappa shape index (κ2) is 8.34. The first-order chi connectivity index (χ1) is 9.65. The number of hydrogen-bond acceptors (Lipinski definition) is 3. The van der Waals surface area contributed by atoms with Gasteiger partial charge in [-0.05, 0) is 26.5 Å². The molecule has 0 bridgehead atoms. The predicted molar refractivity (Wildman–Crippen MR) is 80.0 cm³/mol. The van der Waals surface area contributed by atoms with E-state index >= 15 is 0 Å². The molecule has 0 fully saturated rings. The van der Waals surface area contributed by atoms with Gasteiger partial charge in [0.2, 0.25) is 5.91 Å². The molecular formula is C16H23N3O. The van der Waals surface area contributed by atoms with Crippen molar-refractivity contribution in [3.05, 3.63) is 35.9 Å². The molecule has 4 nitrogen and oxygen atoms in total. The molecule has 1 unspecified atom stereocenters. The molecule has 1 aromatic carbocycles. The number of benzene rings is 1. The standard InChI is InChI=1S/C16H23N3O/c1-4-19(5-2)16(20)15(18(3)13-9-12-17)14-10-7-6-8-11-14/h6-8,10-11,15H,4-5,9,13H2,1-3H3. The van der Waals surface area contributed by atoms with Gasteiger partial charge >= 0.3 is 0 Å². The first-order valence-electron chi connectivity index (χ1n) is 7.06. The minimum Gasteiger partial charge on any atom is -0.342 e. The van der Waals surface area contributed by atoms with E-state index in [-0.39, 0.29) is 11.9 Å². The maximum absolute atomic E-state index is 12.7. The number of carbonyl (C=O) groups excluding carboxylic acids is 1. The number of amides is 1. The first-order valence-corrected chi connectivity index (χ1v) is 7.06. The van der Waals surface area contributed by atoms with E-state index in [9.17, 15) is 4.79 Å². The molecule has 0 aliphatic heterocycles. The minimum absolute atomic E-state index is 0.0987. The third-order valence-corrected chi connectivity index (χ3v) is 3.44. The van der Waals surface area contributed by atoms with E-state index in [4.69, 9.17) is 5.26 Å². The van der Waals surface area contributed by atoms with Gasteiger partial charge in [-0.3, -0.25) is 9.69 Å². The van der Waals surface area contributed by atoms with Gasteiger partial charge in [-0.15, -0.1) is 0 Å². The Kier molecular flexibility index (Phi) is 6.75. The summed E-state index contributed by atoms with van der Waals surface area (Å²) >= 11 is 0. The van der Waals surface area contributed by atoms with Gasteiger partial charge in [-0.1, -0.05) is 30.3 Å². The summed E-state index contributed by atoms with van der Waals surface area (Å²) < 4.78 is 0. The van der Waals surface area contributed by atoms with Crippen LogP contribution in [0.1, 0.15) is 31.9 Å². The topological polar surface area (TPSA) is 47.3 Å². The van der Waals surface area contributed by atoms with Crippen molar-refractivity contribution >= 4 is 5.91 Å². The average molecular weight is 273 g/mol. The van der Waals surface area contributed by atoms with Crippen LogP contribution in [0, 0.1) is 11.3 Å². The maximum Gasteiger partial charge on any atom is 0.244 e. The average Bonchev–Trinajstić information content (AvgIpc) is 2.47. The van der Waals surface area contributed by atoms with E-state index in [1.807, 2.05) is 61.0 Å². The molecule has 1 rings (SSSR count). The third kappa shape index (κ3) is 4.07. The highest BCUT2D eigenvalue weighted by molar-refractivity contribution is 5.83. The molecule has 108 valence electrons. The van der Waals surface area contributed by atoms with Crippen molar-refractivity contribution in [3.63, 3.8) is 0 Å². The molecule has 1 aromatic rings. The summed E-state index contributed by atoms with van der Waals surface area (Å²) in [4.78, 5) is 16.5. The maximum atomic E-state index is 12.7. The fourth-order valence-electron chi connectivity index (χ4n) is 2.28. The van der Waals surface area contributed by atoms with E-state index in [1.54, 1.807) is 0 Å². The monoisotopic (exact) mass is 273 g/mol. The van der Waals surface area contributed by atoms with Gasteiger partial charge < -0.3 is 4.90 Å². The van der Waals surface area contributed by atoms with E-state index in [1.165, 1.54) is 0 Å². The lowest BCUT2D eigenvalue weighted by Gasteiger charge is -2.31. The third-order valence-electron chi connectivity index (χ3n) is 3.44. The van der Waals surface area contributed by atoms with E-state index in [2.05, 4.69) is 6.07 Å². The Morgan fingerprint density at radius 2 is 1.85 bits per heavy atom. The first kappa shape index (κ1) is 16.2. The zero-order valence-electron chi connectivity index (χ0n) is 12.5. The zero-order valence-corrected chi connectivity index (χ0v) is 12.5. The molecule has 0 N–H and O–H groups in total. The van der Waals surface area contributed by atoms with E-state index < -0.39 is 0 Å². The van der Waals surface area contributed by atoms with Crippen LogP contribution in [0.3, 0.4) is 0 Å². The molecule has 0 aromatic heterocycles. The number of carbonyl (C=O) groups is 1. The Bertz CT molecular complexity index is 449. The predicted octanol–water partition coefficient (Wildman–Crippen LogP) is 2.44. The second-order valence-corrected chi connectivity index (χ2v) is 4.71. The SMILES string of the molecule is CCN(CC)C(=O)C(c1ccccc1)N(C)CCC#N. The number of likely N-dealkylation sites (N-methyl/N-ethyl adjacent to an activating group) is 2. The molecule has 1 amide bonds. The van der Waals surface area contributed by atoms with E-state index in [0.717, 1.165) is 5.56 Å². The summed E-state index contributed by atoms with van der Waals surface area (Å²) in [5.74, 6) is 0.0987. The lowest BCUT2D eigenvalue weighted by molar-refractivity contribution is -0.136. The molecule has 0 aliphatic carbocycles. The van der Waals surface area contributed by atoms with Crippen LogP contribution in [0.5, 0.6) is 0 Å². The lowest BCUT2D eigenvalue weighted by Crippen LogP contribution is -2.41. The molecule has 0 saturated carbocycles. The van der Waals surface area contributed by atoms with Gasteiger partial charge in [-0.2, -0.15) is 5.26 Å². The molecule has 0 aliphatic rings. The van der Waals surface area contributed by atoms with Crippen molar-refractivity contribution < 1.29 is 4.79 Å². The Labute approximate surface area is 121 Å². The number of hydrogen-bond donors (Lipinski definition) is 0. The van der Waals surface area contributed by atoms with Gasteiger partial charge in [0, 0.05) is 26.1 Å². The quantitative estimate of drug-likeness (QED) is 0.766.